The van der Waals surface area contributed by atoms with E-state index in [4.69, 9.17) is 4.74 Å². The van der Waals surface area contributed by atoms with Gasteiger partial charge in [0.05, 0.1) is 6.61 Å². The third-order valence-corrected chi connectivity index (χ3v) is 5.81. The quantitative estimate of drug-likeness (QED) is 0.473. The van der Waals surface area contributed by atoms with Gasteiger partial charge in [0.25, 0.3) is 0 Å². The van der Waals surface area contributed by atoms with Crippen molar-refractivity contribution in [1.82, 2.24) is 4.90 Å². The molecule has 3 aromatic rings. The van der Waals surface area contributed by atoms with Crippen LogP contribution >= 0.6 is 0 Å². The minimum Gasteiger partial charge on any atom is -0.493 e. The van der Waals surface area contributed by atoms with E-state index in [0.29, 0.717) is 25.3 Å². The van der Waals surface area contributed by atoms with Gasteiger partial charge in [0.15, 0.2) is 11.6 Å². The van der Waals surface area contributed by atoms with E-state index in [1.165, 1.54) is 28.3 Å². The van der Waals surface area contributed by atoms with Crippen molar-refractivity contribution in [2.24, 2.45) is 0 Å². The number of fused-ring (bicyclic) bond motifs is 3. The number of hydrogen-bond donors (Lipinski definition) is 0. The van der Waals surface area contributed by atoms with E-state index < -0.39 is 11.6 Å². The summed E-state index contributed by atoms with van der Waals surface area (Å²) in [4.78, 5) is 2.21. The maximum atomic E-state index is 14.3. The maximum Gasteiger partial charge on any atom is 0.163 e. The Morgan fingerprint density at radius 3 is 2.65 bits per heavy atom. The van der Waals surface area contributed by atoms with Crippen molar-refractivity contribution in [2.45, 2.75) is 45.7 Å². The molecule has 0 spiro atoms. The van der Waals surface area contributed by atoms with Crippen LogP contribution in [0.15, 0.2) is 60.7 Å². The lowest BCUT2D eigenvalue weighted by atomic mass is 10.00. The molecule has 4 rings (SSSR count). The summed E-state index contributed by atoms with van der Waals surface area (Å²) in [5.74, 6) is -0.556. The van der Waals surface area contributed by atoms with Crippen molar-refractivity contribution in [3.63, 3.8) is 0 Å². The molecule has 1 aliphatic heterocycles. The van der Waals surface area contributed by atoms with Gasteiger partial charge in [-0.05, 0) is 61.6 Å². The molecule has 162 valence electrons. The normalized spacial score (nSPS) is 15.6. The van der Waals surface area contributed by atoms with Gasteiger partial charge in [-0.2, -0.15) is 0 Å². The average molecular weight is 422 g/mol. The first-order valence-corrected chi connectivity index (χ1v) is 11.0. The molecule has 31 heavy (non-hydrogen) atoms. The van der Waals surface area contributed by atoms with Gasteiger partial charge in [-0.25, -0.2) is 8.78 Å². The van der Waals surface area contributed by atoms with Gasteiger partial charge in [-0.15, -0.1) is 0 Å². The Hall–Kier alpha value is -2.72. The number of ether oxygens (including phenoxy) is 1. The zero-order valence-corrected chi connectivity index (χ0v) is 18.0. The largest absolute Gasteiger partial charge is 0.493 e. The highest BCUT2D eigenvalue weighted by molar-refractivity contribution is 5.41. The van der Waals surface area contributed by atoms with Gasteiger partial charge in [0, 0.05) is 25.1 Å². The van der Waals surface area contributed by atoms with Crippen molar-refractivity contribution >= 4 is 0 Å². The van der Waals surface area contributed by atoms with Crippen LogP contribution in [0.3, 0.4) is 0 Å². The predicted molar refractivity (Wildman–Crippen MR) is 120 cm³/mol. The fourth-order valence-corrected chi connectivity index (χ4v) is 4.23. The average Bonchev–Trinajstić information content (AvgIpc) is 2.75. The minimum atomic E-state index is -0.785. The second-order valence-electron chi connectivity index (χ2n) is 8.44. The molecule has 0 amide bonds. The summed E-state index contributed by atoms with van der Waals surface area (Å²) in [5, 5.41) is 0. The number of rotatable bonds is 2. The van der Waals surface area contributed by atoms with Crippen LogP contribution in [0.5, 0.6) is 5.75 Å². The molecule has 1 aliphatic rings. The van der Waals surface area contributed by atoms with Crippen molar-refractivity contribution in [3.8, 4) is 5.75 Å². The minimum absolute atomic E-state index is 0.395. The number of hydrogen-bond acceptors (Lipinski definition) is 2. The molecule has 2 bridgehead atoms. The first-order valence-electron chi connectivity index (χ1n) is 11.0. The highest BCUT2D eigenvalue weighted by atomic mass is 19.2. The molecule has 0 fully saturated rings. The topological polar surface area (TPSA) is 12.5 Å². The van der Waals surface area contributed by atoms with Crippen LogP contribution in [0.4, 0.5) is 8.78 Å². The van der Waals surface area contributed by atoms with Crippen molar-refractivity contribution in [1.29, 1.82) is 0 Å². The molecule has 1 heterocycles. The fourth-order valence-electron chi connectivity index (χ4n) is 4.23. The van der Waals surface area contributed by atoms with Crippen molar-refractivity contribution < 1.29 is 13.5 Å². The number of halogens is 2. The second kappa shape index (κ2) is 10.1. The molecule has 0 aliphatic carbocycles. The Morgan fingerprint density at radius 2 is 1.74 bits per heavy atom. The van der Waals surface area contributed by atoms with Crippen molar-refractivity contribution in [2.75, 3.05) is 13.2 Å². The molecule has 0 radical (unpaired) electrons. The van der Waals surface area contributed by atoms with Crippen LogP contribution in [-0.4, -0.2) is 18.1 Å². The first kappa shape index (κ1) is 21.5. The molecule has 3 aromatic carbocycles. The Balaban J connectivity index is 1.60. The molecule has 0 N–H and O–H groups in total. The van der Waals surface area contributed by atoms with Gasteiger partial charge in [-0.3, -0.25) is 4.90 Å². The molecule has 0 atom stereocenters. The SMILES string of the molecule is Cc1ccc2c(c1)Cc1cccc(c1)CN(Cc1cccc(F)c1F)CCCCCO2. The Labute approximate surface area is 183 Å². The Morgan fingerprint density at radius 1 is 0.903 bits per heavy atom. The third-order valence-electron chi connectivity index (χ3n) is 5.81. The molecule has 0 aromatic heterocycles. The van der Waals surface area contributed by atoms with Crippen LogP contribution in [0.25, 0.3) is 0 Å². The molecule has 2 nitrogen and oxygen atoms in total. The van der Waals surface area contributed by atoms with Crippen LogP contribution in [0, 0.1) is 18.6 Å². The lowest BCUT2D eigenvalue weighted by molar-refractivity contribution is 0.239. The number of aryl methyl sites for hydroxylation is 1. The Kier molecular flexibility index (Phi) is 6.98. The summed E-state index contributed by atoms with van der Waals surface area (Å²) in [6, 6.07) is 19.3. The molecule has 0 unspecified atom stereocenters. The Bertz CT molecular complexity index is 1030. The summed E-state index contributed by atoms with van der Waals surface area (Å²) in [7, 11) is 0. The third kappa shape index (κ3) is 5.71. The van der Waals surface area contributed by atoms with Gasteiger partial charge >= 0.3 is 0 Å². The lowest BCUT2D eigenvalue weighted by Crippen LogP contribution is -2.25. The van der Waals surface area contributed by atoms with Gasteiger partial charge in [0.1, 0.15) is 5.75 Å². The zero-order chi connectivity index (χ0) is 21.6. The number of nitrogens with zero attached hydrogens (tertiary/aromatic N) is 1. The van der Waals surface area contributed by atoms with Crippen LogP contribution < -0.4 is 4.74 Å². The first-order chi connectivity index (χ1) is 15.1. The summed E-state index contributed by atoms with van der Waals surface area (Å²) in [5.41, 5.74) is 5.24. The smallest absolute Gasteiger partial charge is 0.163 e. The standard InChI is InChI=1S/C27H29F2NO/c1-20-11-12-26-24(15-20)17-21-7-5-8-22(16-21)18-30(13-3-2-4-14-31-26)19-23-9-6-10-25(28)27(23)29/h5-12,15-16H,2-4,13-14,17-19H2,1H3. The van der Waals surface area contributed by atoms with E-state index in [0.717, 1.165) is 38.0 Å². The van der Waals surface area contributed by atoms with E-state index in [1.807, 2.05) is 0 Å². The van der Waals surface area contributed by atoms with E-state index in [9.17, 15) is 8.78 Å². The fraction of sp³-hybridized carbons (Fsp3) is 0.333. The summed E-state index contributed by atoms with van der Waals surface area (Å²) >= 11 is 0. The van der Waals surface area contributed by atoms with Crippen LogP contribution in [0.1, 0.15) is 47.1 Å². The van der Waals surface area contributed by atoms with Crippen LogP contribution in [-0.2, 0) is 19.5 Å². The molecule has 0 saturated heterocycles. The monoisotopic (exact) mass is 421 g/mol. The lowest BCUT2D eigenvalue weighted by Gasteiger charge is -2.24. The van der Waals surface area contributed by atoms with E-state index >= 15 is 0 Å². The van der Waals surface area contributed by atoms with E-state index in [2.05, 4.69) is 54.3 Å². The summed E-state index contributed by atoms with van der Waals surface area (Å²) < 4.78 is 34.1. The second-order valence-corrected chi connectivity index (χ2v) is 8.44. The van der Waals surface area contributed by atoms with E-state index in [1.54, 1.807) is 12.1 Å². The molecule has 4 heteroatoms. The van der Waals surface area contributed by atoms with Gasteiger partial charge < -0.3 is 4.74 Å². The predicted octanol–water partition coefficient (Wildman–Crippen LogP) is 6.43. The zero-order valence-electron chi connectivity index (χ0n) is 18.0. The van der Waals surface area contributed by atoms with Crippen LogP contribution in [0.2, 0.25) is 0 Å². The van der Waals surface area contributed by atoms with Gasteiger partial charge in [0.2, 0.25) is 0 Å². The molecular weight excluding hydrogens is 392 g/mol. The van der Waals surface area contributed by atoms with Gasteiger partial charge in [-0.1, -0.05) is 54.1 Å². The number of benzene rings is 3. The summed E-state index contributed by atoms with van der Waals surface area (Å²) in [6.07, 6.45) is 3.80. The summed E-state index contributed by atoms with van der Waals surface area (Å²) in [6.45, 7) is 4.73. The van der Waals surface area contributed by atoms with E-state index in [-0.39, 0.29) is 0 Å². The molecule has 0 saturated carbocycles. The van der Waals surface area contributed by atoms with Crippen molar-refractivity contribution in [3.05, 3.63) is 100 Å². The highest BCUT2D eigenvalue weighted by Gasteiger charge is 2.14. The molecular formula is C27H29F2NO. The maximum absolute atomic E-state index is 14.3. The highest BCUT2D eigenvalue weighted by Crippen LogP contribution is 2.25.